The predicted octanol–water partition coefficient (Wildman–Crippen LogP) is -0.656. The van der Waals surface area contributed by atoms with Gasteiger partial charge in [0.1, 0.15) is 6.04 Å². The number of amides is 1. The van der Waals surface area contributed by atoms with E-state index >= 15 is 0 Å². The number of carboxylic acid groups (broad SMARTS) is 1. The van der Waals surface area contributed by atoms with Crippen LogP contribution >= 0.6 is 0 Å². The maximum absolute atomic E-state index is 11.9. The Bertz CT molecular complexity index is 434. The normalized spacial score (nSPS) is 21.1. The van der Waals surface area contributed by atoms with Gasteiger partial charge in [0.05, 0.1) is 12.8 Å². The summed E-state index contributed by atoms with van der Waals surface area (Å²) in [6.07, 6.45) is 2.94. The zero-order valence-corrected chi connectivity index (χ0v) is 11.3. The van der Waals surface area contributed by atoms with Crippen molar-refractivity contribution in [3.8, 4) is 0 Å². The second-order valence-corrected chi connectivity index (χ2v) is 6.55. The van der Waals surface area contributed by atoms with Gasteiger partial charge in [-0.3, -0.25) is 4.79 Å². The Morgan fingerprint density at radius 1 is 1.39 bits per heavy atom. The predicted molar refractivity (Wildman–Crippen MR) is 64.5 cm³/mol. The number of rotatable bonds is 4. The molecule has 0 bridgehead atoms. The van der Waals surface area contributed by atoms with E-state index in [1.165, 1.54) is 11.9 Å². The highest BCUT2D eigenvalue weighted by atomic mass is 32.2. The molecule has 1 N–H and O–H groups in total. The standard InChI is InChI=1S/C10H18N2O5S/c1-11(18(2,16)17)7-9(13)12-6-4-3-5-8(12)10(14)15/h8H,3-7H2,1-2H3,(H,14,15)/t8-/m0/s1. The van der Waals surface area contributed by atoms with E-state index in [1.54, 1.807) is 0 Å². The Hall–Kier alpha value is -1.15. The molecular formula is C10H18N2O5S. The molecule has 1 atom stereocenters. The van der Waals surface area contributed by atoms with Crippen LogP contribution in [0, 0.1) is 0 Å². The topological polar surface area (TPSA) is 95.0 Å². The lowest BCUT2D eigenvalue weighted by Gasteiger charge is -2.33. The van der Waals surface area contributed by atoms with Crippen molar-refractivity contribution < 1.29 is 23.1 Å². The van der Waals surface area contributed by atoms with Crippen molar-refractivity contribution in [3.05, 3.63) is 0 Å². The molecule has 0 aliphatic carbocycles. The number of carbonyl (C=O) groups is 2. The van der Waals surface area contributed by atoms with E-state index in [4.69, 9.17) is 5.11 Å². The van der Waals surface area contributed by atoms with Crippen molar-refractivity contribution >= 4 is 21.9 Å². The molecule has 18 heavy (non-hydrogen) atoms. The SMILES string of the molecule is CN(CC(=O)N1CCCC[C@H]1C(=O)O)S(C)(=O)=O. The molecule has 1 aliphatic rings. The highest BCUT2D eigenvalue weighted by molar-refractivity contribution is 7.88. The second-order valence-electron chi connectivity index (χ2n) is 4.46. The molecule has 1 amide bonds. The number of aliphatic carboxylic acids is 1. The second kappa shape index (κ2) is 5.66. The van der Waals surface area contributed by atoms with Crippen molar-refractivity contribution in [2.75, 3.05) is 26.4 Å². The zero-order chi connectivity index (χ0) is 13.9. The highest BCUT2D eigenvalue weighted by Gasteiger charge is 2.32. The number of sulfonamides is 1. The van der Waals surface area contributed by atoms with Gasteiger partial charge in [0.15, 0.2) is 0 Å². The lowest BCUT2D eigenvalue weighted by molar-refractivity contribution is -0.152. The fraction of sp³-hybridized carbons (Fsp3) is 0.800. The molecule has 1 fully saturated rings. The molecule has 0 unspecified atom stereocenters. The number of carbonyl (C=O) groups excluding carboxylic acids is 1. The molecule has 0 radical (unpaired) electrons. The summed E-state index contributed by atoms with van der Waals surface area (Å²) in [6.45, 7) is 0.0516. The molecule has 1 rings (SSSR count). The van der Waals surface area contributed by atoms with Gasteiger partial charge in [-0.05, 0) is 19.3 Å². The van der Waals surface area contributed by atoms with Crippen molar-refractivity contribution in [2.45, 2.75) is 25.3 Å². The Morgan fingerprint density at radius 3 is 2.50 bits per heavy atom. The summed E-state index contributed by atoms with van der Waals surface area (Å²) in [5.41, 5.74) is 0. The third kappa shape index (κ3) is 3.67. The maximum atomic E-state index is 11.9. The van der Waals surface area contributed by atoms with Crippen LogP contribution in [0.3, 0.4) is 0 Å². The van der Waals surface area contributed by atoms with Crippen molar-refractivity contribution in [1.82, 2.24) is 9.21 Å². The van der Waals surface area contributed by atoms with Gasteiger partial charge in [-0.1, -0.05) is 0 Å². The molecule has 0 aromatic heterocycles. The van der Waals surface area contributed by atoms with E-state index < -0.39 is 27.9 Å². The van der Waals surface area contributed by atoms with Crippen LogP contribution in [0.4, 0.5) is 0 Å². The summed E-state index contributed by atoms with van der Waals surface area (Å²) in [5.74, 6) is -1.50. The summed E-state index contributed by atoms with van der Waals surface area (Å²) in [6, 6.07) is -0.834. The first-order valence-electron chi connectivity index (χ1n) is 5.67. The first kappa shape index (κ1) is 14.9. The van der Waals surface area contributed by atoms with Gasteiger partial charge in [0.2, 0.25) is 15.9 Å². The number of likely N-dealkylation sites (tertiary alicyclic amines) is 1. The molecule has 1 saturated heterocycles. The number of hydrogen-bond acceptors (Lipinski definition) is 4. The molecule has 1 heterocycles. The van der Waals surface area contributed by atoms with Crippen LogP contribution in [0.15, 0.2) is 0 Å². The third-order valence-corrected chi connectivity index (χ3v) is 4.29. The van der Waals surface area contributed by atoms with Gasteiger partial charge >= 0.3 is 5.97 Å². The lowest BCUT2D eigenvalue weighted by Crippen LogP contribution is -2.51. The summed E-state index contributed by atoms with van der Waals surface area (Å²) in [5, 5.41) is 9.03. The molecule has 7 nitrogen and oxygen atoms in total. The molecule has 0 spiro atoms. The Balaban J connectivity index is 2.73. The van der Waals surface area contributed by atoms with Crippen LogP contribution in [-0.2, 0) is 19.6 Å². The van der Waals surface area contributed by atoms with Crippen molar-refractivity contribution in [1.29, 1.82) is 0 Å². The van der Waals surface area contributed by atoms with E-state index in [0.717, 1.165) is 23.4 Å². The quantitative estimate of drug-likeness (QED) is 0.737. The van der Waals surface area contributed by atoms with Gasteiger partial charge in [-0.25, -0.2) is 13.2 Å². The van der Waals surface area contributed by atoms with E-state index in [-0.39, 0.29) is 6.54 Å². The van der Waals surface area contributed by atoms with E-state index in [9.17, 15) is 18.0 Å². The van der Waals surface area contributed by atoms with Crippen LogP contribution in [0.2, 0.25) is 0 Å². The molecule has 0 saturated carbocycles. The Kier molecular flexibility index (Phi) is 4.69. The average Bonchev–Trinajstić information content (AvgIpc) is 2.27. The average molecular weight is 278 g/mol. The molecular weight excluding hydrogens is 260 g/mol. The largest absolute Gasteiger partial charge is 0.480 e. The lowest BCUT2D eigenvalue weighted by atomic mass is 10.0. The van der Waals surface area contributed by atoms with E-state index in [2.05, 4.69) is 0 Å². The fourth-order valence-electron chi connectivity index (χ4n) is 1.89. The first-order chi connectivity index (χ1) is 8.23. The van der Waals surface area contributed by atoms with Gasteiger partial charge < -0.3 is 10.0 Å². The summed E-state index contributed by atoms with van der Waals surface area (Å²) < 4.78 is 23.3. The number of likely N-dealkylation sites (N-methyl/N-ethyl adjacent to an activating group) is 1. The number of piperidine rings is 1. The smallest absolute Gasteiger partial charge is 0.326 e. The first-order valence-corrected chi connectivity index (χ1v) is 7.52. The van der Waals surface area contributed by atoms with Crippen molar-refractivity contribution in [3.63, 3.8) is 0 Å². The molecule has 0 aromatic rings. The maximum Gasteiger partial charge on any atom is 0.326 e. The van der Waals surface area contributed by atoms with Crippen LogP contribution in [0.5, 0.6) is 0 Å². The molecule has 8 heteroatoms. The highest BCUT2D eigenvalue weighted by Crippen LogP contribution is 2.17. The van der Waals surface area contributed by atoms with Crippen LogP contribution in [-0.4, -0.2) is 67.0 Å². The Labute approximate surface area is 106 Å². The van der Waals surface area contributed by atoms with Crippen LogP contribution in [0.1, 0.15) is 19.3 Å². The molecule has 1 aliphatic heterocycles. The van der Waals surface area contributed by atoms with Crippen molar-refractivity contribution in [2.24, 2.45) is 0 Å². The molecule has 104 valence electrons. The fourth-order valence-corrected chi connectivity index (χ4v) is 2.23. The van der Waals surface area contributed by atoms with Crippen LogP contribution < -0.4 is 0 Å². The van der Waals surface area contributed by atoms with Gasteiger partial charge in [0, 0.05) is 13.6 Å². The van der Waals surface area contributed by atoms with Gasteiger partial charge in [-0.2, -0.15) is 4.31 Å². The number of nitrogens with zero attached hydrogens (tertiary/aromatic N) is 2. The zero-order valence-electron chi connectivity index (χ0n) is 10.5. The third-order valence-electron chi connectivity index (χ3n) is 3.03. The Morgan fingerprint density at radius 2 is 2.00 bits per heavy atom. The summed E-state index contributed by atoms with van der Waals surface area (Å²) >= 11 is 0. The number of hydrogen-bond donors (Lipinski definition) is 1. The minimum absolute atomic E-state index is 0.317. The van der Waals surface area contributed by atoms with Gasteiger partial charge in [0.25, 0.3) is 0 Å². The van der Waals surface area contributed by atoms with E-state index in [1.807, 2.05) is 0 Å². The number of carboxylic acids is 1. The summed E-state index contributed by atoms with van der Waals surface area (Å²) in [4.78, 5) is 24.2. The minimum Gasteiger partial charge on any atom is -0.480 e. The van der Waals surface area contributed by atoms with Crippen LogP contribution in [0.25, 0.3) is 0 Å². The summed E-state index contributed by atoms with van der Waals surface area (Å²) in [7, 11) is -2.14. The minimum atomic E-state index is -3.44. The molecule has 0 aromatic carbocycles. The van der Waals surface area contributed by atoms with Gasteiger partial charge in [-0.15, -0.1) is 0 Å². The van der Waals surface area contributed by atoms with E-state index in [0.29, 0.717) is 13.0 Å². The monoisotopic (exact) mass is 278 g/mol.